The zero-order valence-corrected chi connectivity index (χ0v) is 10.1. The Morgan fingerprint density at radius 2 is 2.18 bits per heavy atom. The summed E-state index contributed by atoms with van der Waals surface area (Å²) in [7, 11) is 0. The number of nitrogens with zero attached hydrogens (tertiary/aromatic N) is 1. The molecule has 0 fully saturated rings. The fraction of sp³-hybridized carbons (Fsp3) is 0.357. The van der Waals surface area contributed by atoms with E-state index < -0.39 is 0 Å². The van der Waals surface area contributed by atoms with Gasteiger partial charge >= 0.3 is 0 Å². The summed E-state index contributed by atoms with van der Waals surface area (Å²) < 4.78 is 0. The summed E-state index contributed by atoms with van der Waals surface area (Å²) in [5.74, 6) is 0.741. The van der Waals surface area contributed by atoms with Gasteiger partial charge in [0.2, 0.25) is 0 Å². The smallest absolute Gasteiger partial charge is 0.119 e. The van der Waals surface area contributed by atoms with Crippen LogP contribution in [0.15, 0.2) is 18.6 Å². The highest BCUT2D eigenvalue weighted by Gasteiger charge is 2.28. The Kier molecular flexibility index (Phi) is 2.21. The monoisotopic (exact) mass is 228 g/mol. The van der Waals surface area contributed by atoms with Crippen LogP contribution >= 0.6 is 0 Å². The van der Waals surface area contributed by atoms with Gasteiger partial charge in [-0.25, -0.2) is 4.98 Å². The molecular formula is C14H16N2O. The molecule has 0 aliphatic heterocycles. The zero-order chi connectivity index (χ0) is 12.0. The Balaban J connectivity index is 2.15. The molecule has 2 aromatic rings. The average Bonchev–Trinajstić information content (AvgIpc) is 2.93. The number of H-pyrrole nitrogens is 1. The van der Waals surface area contributed by atoms with Crippen LogP contribution in [0.4, 0.5) is 0 Å². The predicted molar refractivity (Wildman–Crippen MR) is 66.3 cm³/mol. The van der Waals surface area contributed by atoms with E-state index in [0.717, 1.165) is 24.1 Å². The number of imidazole rings is 1. The number of phenols is 1. The maximum Gasteiger partial charge on any atom is 0.119 e. The Bertz CT molecular complexity index is 558. The summed E-state index contributed by atoms with van der Waals surface area (Å²) in [6.07, 6.45) is 5.84. The van der Waals surface area contributed by atoms with Gasteiger partial charge in [0.1, 0.15) is 5.75 Å². The summed E-state index contributed by atoms with van der Waals surface area (Å²) in [6, 6.07) is 1.92. The van der Waals surface area contributed by atoms with E-state index in [0.29, 0.717) is 11.7 Å². The molecule has 0 spiro atoms. The molecule has 1 unspecified atom stereocenters. The molecule has 1 aliphatic carbocycles. The third kappa shape index (κ3) is 1.46. The van der Waals surface area contributed by atoms with Gasteiger partial charge in [0.25, 0.3) is 0 Å². The number of aromatic amines is 1. The number of nitrogens with one attached hydrogen (secondary N) is 1. The minimum absolute atomic E-state index is 0.335. The highest BCUT2D eigenvalue weighted by atomic mass is 16.3. The van der Waals surface area contributed by atoms with Gasteiger partial charge in [0.05, 0.1) is 12.0 Å². The molecular weight excluding hydrogens is 212 g/mol. The molecule has 0 radical (unpaired) electrons. The van der Waals surface area contributed by atoms with Gasteiger partial charge in [0, 0.05) is 12.1 Å². The second-order valence-electron chi connectivity index (χ2n) is 4.80. The maximum absolute atomic E-state index is 9.95. The van der Waals surface area contributed by atoms with Gasteiger partial charge < -0.3 is 10.1 Å². The van der Waals surface area contributed by atoms with Crippen LogP contribution < -0.4 is 0 Å². The van der Waals surface area contributed by atoms with Crippen molar-refractivity contribution < 1.29 is 5.11 Å². The molecule has 0 saturated carbocycles. The predicted octanol–water partition coefficient (Wildman–Crippen LogP) is 2.81. The zero-order valence-electron chi connectivity index (χ0n) is 10.1. The van der Waals surface area contributed by atoms with Crippen molar-refractivity contribution in [2.75, 3.05) is 0 Å². The van der Waals surface area contributed by atoms with Crippen LogP contribution in [0.25, 0.3) is 0 Å². The van der Waals surface area contributed by atoms with Crippen molar-refractivity contribution in [2.45, 2.75) is 32.6 Å². The lowest BCUT2D eigenvalue weighted by Crippen LogP contribution is -1.98. The number of rotatable bonds is 1. The largest absolute Gasteiger partial charge is 0.508 e. The van der Waals surface area contributed by atoms with Crippen LogP contribution in [-0.2, 0) is 6.42 Å². The van der Waals surface area contributed by atoms with Gasteiger partial charge in [0.15, 0.2) is 0 Å². The molecule has 17 heavy (non-hydrogen) atoms. The number of aromatic nitrogens is 2. The molecule has 1 aliphatic rings. The number of aromatic hydroxyl groups is 1. The first-order valence-electron chi connectivity index (χ1n) is 5.99. The van der Waals surface area contributed by atoms with Crippen LogP contribution in [0.2, 0.25) is 0 Å². The van der Waals surface area contributed by atoms with Gasteiger partial charge in [-0.05, 0) is 55.0 Å². The van der Waals surface area contributed by atoms with Crippen molar-refractivity contribution in [1.29, 1.82) is 0 Å². The lowest BCUT2D eigenvalue weighted by molar-refractivity contribution is 0.469. The molecule has 1 aromatic carbocycles. The van der Waals surface area contributed by atoms with E-state index in [1.807, 2.05) is 19.2 Å². The normalized spacial score (nSPS) is 18.4. The molecule has 0 bridgehead atoms. The Hall–Kier alpha value is -1.77. The first-order valence-corrected chi connectivity index (χ1v) is 5.99. The van der Waals surface area contributed by atoms with Gasteiger partial charge in [-0.2, -0.15) is 0 Å². The summed E-state index contributed by atoms with van der Waals surface area (Å²) in [5.41, 5.74) is 5.96. The summed E-state index contributed by atoms with van der Waals surface area (Å²) >= 11 is 0. The molecule has 2 N–H and O–H groups in total. The van der Waals surface area contributed by atoms with E-state index in [1.165, 1.54) is 16.7 Å². The van der Waals surface area contributed by atoms with Gasteiger partial charge in [-0.1, -0.05) is 0 Å². The molecule has 1 atom stereocenters. The number of phenolic OH excluding ortho intramolecular Hbond substituents is 1. The Morgan fingerprint density at radius 3 is 2.88 bits per heavy atom. The van der Waals surface area contributed by atoms with E-state index in [9.17, 15) is 5.11 Å². The van der Waals surface area contributed by atoms with Crippen molar-refractivity contribution in [3.05, 3.63) is 46.5 Å². The van der Waals surface area contributed by atoms with Crippen LogP contribution in [0, 0.1) is 13.8 Å². The van der Waals surface area contributed by atoms with E-state index in [1.54, 1.807) is 6.33 Å². The summed E-state index contributed by atoms with van der Waals surface area (Å²) in [4.78, 5) is 7.35. The van der Waals surface area contributed by atoms with Crippen LogP contribution in [0.3, 0.4) is 0 Å². The quantitative estimate of drug-likeness (QED) is 0.788. The third-order valence-corrected chi connectivity index (χ3v) is 3.97. The number of hydrogen-bond donors (Lipinski definition) is 2. The fourth-order valence-electron chi connectivity index (χ4n) is 2.83. The van der Waals surface area contributed by atoms with E-state index in [-0.39, 0.29) is 0 Å². The molecule has 3 nitrogen and oxygen atoms in total. The topological polar surface area (TPSA) is 48.9 Å². The minimum atomic E-state index is 0.335. The molecule has 0 saturated heterocycles. The SMILES string of the molecule is Cc1c(O)cc2c(c1C)CCC2c1c[nH]cn1. The maximum atomic E-state index is 9.95. The third-order valence-electron chi connectivity index (χ3n) is 3.97. The molecule has 0 amide bonds. The van der Waals surface area contributed by atoms with Crippen molar-refractivity contribution in [1.82, 2.24) is 9.97 Å². The summed E-state index contributed by atoms with van der Waals surface area (Å²) in [6.45, 7) is 4.08. The second kappa shape index (κ2) is 3.62. The van der Waals surface area contributed by atoms with E-state index in [2.05, 4.69) is 16.9 Å². The highest BCUT2D eigenvalue weighted by Crippen LogP contribution is 2.42. The van der Waals surface area contributed by atoms with Gasteiger partial charge in [-0.15, -0.1) is 0 Å². The fourth-order valence-corrected chi connectivity index (χ4v) is 2.83. The van der Waals surface area contributed by atoms with E-state index in [4.69, 9.17) is 0 Å². The van der Waals surface area contributed by atoms with Crippen molar-refractivity contribution in [3.8, 4) is 5.75 Å². The Morgan fingerprint density at radius 1 is 1.35 bits per heavy atom. The minimum Gasteiger partial charge on any atom is -0.508 e. The molecule has 3 heteroatoms. The molecule has 3 rings (SSSR count). The number of hydrogen-bond acceptors (Lipinski definition) is 2. The highest BCUT2D eigenvalue weighted by molar-refractivity contribution is 5.52. The van der Waals surface area contributed by atoms with Crippen molar-refractivity contribution in [2.24, 2.45) is 0 Å². The van der Waals surface area contributed by atoms with Crippen LogP contribution in [-0.4, -0.2) is 15.1 Å². The lowest BCUT2D eigenvalue weighted by Gasteiger charge is -2.13. The molecule has 1 aromatic heterocycles. The lowest BCUT2D eigenvalue weighted by atomic mass is 9.94. The van der Waals surface area contributed by atoms with Gasteiger partial charge in [-0.3, -0.25) is 0 Å². The van der Waals surface area contributed by atoms with Crippen molar-refractivity contribution in [3.63, 3.8) is 0 Å². The second-order valence-corrected chi connectivity index (χ2v) is 4.80. The Labute approximate surface area is 101 Å². The number of fused-ring (bicyclic) bond motifs is 1. The first-order chi connectivity index (χ1) is 8.18. The standard InChI is InChI=1S/C14H16N2O/c1-8-9(2)14(17)5-12-10(8)3-4-11(12)13-6-15-7-16-13/h5-7,11,17H,3-4H2,1-2H3,(H,15,16). The molecule has 88 valence electrons. The van der Waals surface area contributed by atoms with E-state index >= 15 is 0 Å². The van der Waals surface area contributed by atoms with Crippen LogP contribution in [0.5, 0.6) is 5.75 Å². The average molecular weight is 228 g/mol. The first kappa shape index (κ1) is 10.4. The molecule has 1 heterocycles. The van der Waals surface area contributed by atoms with Crippen LogP contribution in [0.1, 0.15) is 40.3 Å². The summed E-state index contributed by atoms with van der Waals surface area (Å²) in [5, 5.41) is 9.95. The van der Waals surface area contributed by atoms with Crippen molar-refractivity contribution >= 4 is 0 Å². The number of benzene rings is 1.